The topological polar surface area (TPSA) is 35.6 Å². The van der Waals surface area contributed by atoms with Gasteiger partial charge in [-0.2, -0.15) is 0 Å². The van der Waals surface area contributed by atoms with Gasteiger partial charge in [0.1, 0.15) is 0 Å². The maximum absolute atomic E-state index is 5.20. The monoisotopic (exact) mass is 654 g/mol. The van der Waals surface area contributed by atoms with E-state index in [1.165, 1.54) is 54.8 Å². The minimum absolute atomic E-state index is 0.869. The van der Waals surface area contributed by atoms with E-state index < -0.39 is 0 Å². The van der Waals surface area contributed by atoms with E-state index in [2.05, 4.69) is 155 Å². The Morgan fingerprint density at radius 2 is 1.24 bits per heavy atom. The first-order chi connectivity index (χ1) is 25.3. The quantitative estimate of drug-likeness (QED) is 0.185. The van der Waals surface area contributed by atoms with Crippen molar-refractivity contribution in [3.8, 4) is 33.9 Å². The molecule has 1 aliphatic rings. The number of allylic oxidation sites excluding steroid dienone is 4. The van der Waals surface area contributed by atoms with Crippen LogP contribution >= 0.6 is 0 Å². The van der Waals surface area contributed by atoms with Crippen LogP contribution < -0.4 is 0 Å². The lowest BCUT2D eigenvalue weighted by Crippen LogP contribution is -2.01. The van der Waals surface area contributed by atoms with Gasteiger partial charge in [-0.15, -0.1) is 0 Å². The van der Waals surface area contributed by atoms with Crippen molar-refractivity contribution in [1.82, 2.24) is 19.1 Å². The van der Waals surface area contributed by atoms with Crippen LogP contribution in [-0.2, 0) is 0 Å². The van der Waals surface area contributed by atoms with Crippen molar-refractivity contribution in [2.45, 2.75) is 19.3 Å². The van der Waals surface area contributed by atoms with Crippen LogP contribution in [0.5, 0.6) is 0 Å². The summed E-state index contributed by atoms with van der Waals surface area (Å²) >= 11 is 0. The molecule has 5 aromatic carbocycles. The number of hydrogen-bond acceptors (Lipinski definition) is 2. The zero-order chi connectivity index (χ0) is 33.7. The molecule has 0 fully saturated rings. The standard InChI is InChI=1S/C47H34N4/c1-2-5-16-32(15-4-1)41-30-35(31-42(49-41)40-22-12-13-28-48-40)51-44-24-11-9-20-39(44)47-36(21-14-25-45(47)51)33-26-27-38-37-19-8-10-23-43(37)50(46(38)29-33)34-17-6-3-7-18-34/h1,3-4,6-15,17-31H,2,5,16H2. The fourth-order valence-corrected chi connectivity index (χ4v) is 7.97. The highest BCUT2D eigenvalue weighted by Gasteiger charge is 2.20. The Balaban J connectivity index is 1.23. The van der Waals surface area contributed by atoms with Crippen LogP contribution in [0.3, 0.4) is 0 Å². The van der Waals surface area contributed by atoms with Crippen LogP contribution in [0, 0.1) is 0 Å². The molecular weight excluding hydrogens is 621 g/mol. The van der Waals surface area contributed by atoms with Crippen LogP contribution in [0.2, 0.25) is 0 Å². The Labute approximate surface area is 296 Å². The summed E-state index contributed by atoms with van der Waals surface area (Å²) in [6, 6.07) is 52.4. The number of hydrogen-bond donors (Lipinski definition) is 0. The second-order valence-electron chi connectivity index (χ2n) is 13.3. The summed E-state index contributed by atoms with van der Waals surface area (Å²) in [6.45, 7) is 0. The largest absolute Gasteiger partial charge is 0.309 e. The Kier molecular flexibility index (Phi) is 6.98. The molecule has 242 valence electrons. The zero-order valence-electron chi connectivity index (χ0n) is 28.1. The lowest BCUT2D eigenvalue weighted by Gasteiger charge is -2.14. The highest BCUT2D eigenvalue weighted by molar-refractivity contribution is 6.17. The summed E-state index contributed by atoms with van der Waals surface area (Å²) in [7, 11) is 0. The van der Waals surface area contributed by atoms with Crippen molar-refractivity contribution < 1.29 is 0 Å². The highest BCUT2D eigenvalue weighted by Crippen LogP contribution is 2.41. The van der Waals surface area contributed by atoms with Gasteiger partial charge < -0.3 is 9.13 Å². The molecule has 0 spiro atoms. The maximum atomic E-state index is 5.20. The van der Waals surface area contributed by atoms with E-state index in [0.717, 1.165) is 53.2 Å². The first kappa shape index (κ1) is 29.4. The molecule has 0 unspecified atom stereocenters. The Morgan fingerprint density at radius 1 is 0.510 bits per heavy atom. The summed E-state index contributed by atoms with van der Waals surface area (Å²) in [6.07, 6.45) is 11.7. The third kappa shape index (κ3) is 4.91. The van der Waals surface area contributed by atoms with Gasteiger partial charge in [0.2, 0.25) is 0 Å². The molecule has 51 heavy (non-hydrogen) atoms. The third-order valence-corrected chi connectivity index (χ3v) is 10.3. The first-order valence-corrected chi connectivity index (χ1v) is 17.7. The predicted octanol–water partition coefficient (Wildman–Crippen LogP) is 12.1. The fourth-order valence-electron chi connectivity index (χ4n) is 7.97. The molecule has 0 bridgehead atoms. The Bertz CT molecular complexity index is 2820. The summed E-state index contributed by atoms with van der Waals surface area (Å²) in [5, 5.41) is 4.97. The van der Waals surface area contributed by atoms with Crippen LogP contribution in [0.4, 0.5) is 0 Å². The normalized spacial score (nSPS) is 13.3. The van der Waals surface area contributed by atoms with Gasteiger partial charge in [0.25, 0.3) is 0 Å². The van der Waals surface area contributed by atoms with Crippen LogP contribution in [0.15, 0.2) is 170 Å². The zero-order valence-corrected chi connectivity index (χ0v) is 28.1. The van der Waals surface area contributed by atoms with Crippen molar-refractivity contribution in [2.75, 3.05) is 0 Å². The van der Waals surface area contributed by atoms with Gasteiger partial charge in [-0.05, 0) is 96.6 Å². The van der Waals surface area contributed by atoms with E-state index in [4.69, 9.17) is 9.97 Å². The van der Waals surface area contributed by atoms with Gasteiger partial charge in [-0.1, -0.05) is 103 Å². The lowest BCUT2D eigenvalue weighted by atomic mass is 9.98. The van der Waals surface area contributed by atoms with Gasteiger partial charge in [0.15, 0.2) is 0 Å². The first-order valence-electron chi connectivity index (χ1n) is 17.7. The molecule has 1 aliphatic carbocycles. The van der Waals surface area contributed by atoms with Gasteiger partial charge >= 0.3 is 0 Å². The molecule has 4 heterocycles. The summed E-state index contributed by atoms with van der Waals surface area (Å²) in [5.74, 6) is 0. The van der Waals surface area contributed by atoms with Crippen LogP contribution in [0.1, 0.15) is 25.0 Å². The van der Waals surface area contributed by atoms with Crippen molar-refractivity contribution >= 4 is 49.2 Å². The Morgan fingerprint density at radius 3 is 2.10 bits per heavy atom. The van der Waals surface area contributed by atoms with E-state index in [0.29, 0.717) is 0 Å². The minimum Gasteiger partial charge on any atom is -0.309 e. The molecule has 0 amide bonds. The second-order valence-corrected chi connectivity index (χ2v) is 13.3. The molecule has 0 aliphatic heterocycles. The number of aromatic nitrogens is 4. The van der Waals surface area contributed by atoms with E-state index in [-0.39, 0.29) is 0 Å². The van der Waals surface area contributed by atoms with E-state index in [9.17, 15) is 0 Å². The lowest BCUT2D eigenvalue weighted by molar-refractivity contribution is 0.882. The van der Waals surface area contributed by atoms with Crippen molar-refractivity contribution in [3.63, 3.8) is 0 Å². The van der Waals surface area contributed by atoms with Crippen molar-refractivity contribution in [3.05, 3.63) is 176 Å². The van der Waals surface area contributed by atoms with Crippen molar-refractivity contribution in [2.24, 2.45) is 0 Å². The van der Waals surface area contributed by atoms with E-state index in [1.54, 1.807) is 0 Å². The molecule has 4 heteroatoms. The highest BCUT2D eigenvalue weighted by atomic mass is 15.0. The molecule has 4 aromatic heterocycles. The van der Waals surface area contributed by atoms with Crippen LogP contribution in [0.25, 0.3) is 83.1 Å². The van der Waals surface area contributed by atoms with Gasteiger partial charge in [-0.25, -0.2) is 4.98 Å². The van der Waals surface area contributed by atoms with Gasteiger partial charge in [-0.3, -0.25) is 4.98 Å². The van der Waals surface area contributed by atoms with Crippen LogP contribution in [-0.4, -0.2) is 19.1 Å². The summed E-state index contributed by atoms with van der Waals surface area (Å²) < 4.78 is 4.81. The predicted molar refractivity (Wildman–Crippen MR) is 213 cm³/mol. The number of rotatable bonds is 5. The van der Waals surface area contributed by atoms with Crippen molar-refractivity contribution in [1.29, 1.82) is 0 Å². The third-order valence-electron chi connectivity index (χ3n) is 10.3. The SMILES string of the molecule is C1=CCCCC(c2cc(-n3c4ccccc4c4c(-c5ccc6c7ccccc7n(-c7ccccc7)c6c5)cccc43)cc(-c3ccccn3)n2)=C1. The molecule has 10 rings (SSSR count). The number of nitrogens with zero attached hydrogens (tertiary/aromatic N) is 4. The molecule has 9 aromatic rings. The molecule has 0 N–H and O–H groups in total. The van der Waals surface area contributed by atoms with E-state index >= 15 is 0 Å². The number of fused-ring (bicyclic) bond motifs is 6. The molecule has 0 atom stereocenters. The number of benzene rings is 5. The van der Waals surface area contributed by atoms with Gasteiger partial charge in [0.05, 0.1) is 44.8 Å². The molecule has 0 saturated carbocycles. The minimum atomic E-state index is 0.869. The fraction of sp³-hybridized carbons (Fsp3) is 0.0638. The Hall–Kier alpha value is -6.52. The molecular formula is C47H34N4. The molecule has 0 saturated heterocycles. The molecule has 0 radical (unpaired) electrons. The summed E-state index contributed by atoms with van der Waals surface area (Å²) in [5.41, 5.74) is 13.4. The van der Waals surface area contributed by atoms with E-state index in [1.807, 2.05) is 24.4 Å². The van der Waals surface area contributed by atoms with Gasteiger partial charge in [0, 0.05) is 33.4 Å². The number of para-hydroxylation sites is 3. The maximum Gasteiger partial charge on any atom is 0.0914 e. The smallest absolute Gasteiger partial charge is 0.0914 e. The summed E-state index contributed by atoms with van der Waals surface area (Å²) in [4.78, 5) is 9.92. The second kappa shape index (κ2) is 12.1. The average Bonchev–Trinajstić information content (AvgIpc) is 3.56. The average molecular weight is 655 g/mol. The number of pyridine rings is 2. The molecule has 4 nitrogen and oxygen atoms in total.